The van der Waals surface area contributed by atoms with Crippen molar-refractivity contribution in [3.63, 3.8) is 0 Å². The summed E-state index contributed by atoms with van der Waals surface area (Å²) in [6.07, 6.45) is 6.37. The van der Waals surface area contributed by atoms with Crippen molar-refractivity contribution in [1.29, 1.82) is 0 Å². The molecule has 0 saturated carbocycles. The maximum absolute atomic E-state index is 7.00. The molecule has 0 radical (unpaired) electrons. The van der Waals surface area contributed by atoms with Crippen LogP contribution in [0.15, 0.2) is 154 Å². The summed E-state index contributed by atoms with van der Waals surface area (Å²) in [4.78, 5) is 2.42. The molecule has 7 aromatic carbocycles. The number of allylic oxidation sites excluding steroid dienone is 1. The predicted octanol–water partition coefficient (Wildman–Crippen LogP) is 13.9. The van der Waals surface area contributed by atoms with Crippen LogP contribution in [0.1, 0.15) is 42.7 Å². The third-order valence-corrected chi connectivity index (χ3v) is 11.5. The number of anilines is 3. The highest BCUT2D eigenvalue weighted by atomic mass is 16.3. The van der Waals surface area contributed by atoms with Crippen molar-refractivity contribution >= 4 is 66.8 Å². The molecule has 0 amide bonds. The van der Waals surface area contributed by atoms with Gasteiger partial charge in [-0.1, -0.05) is 123 Å². The topological polar surface area (TPSA) is 29.5 Å². The predicted molar refractivity (Wildman–Crippen MR) is 216 cm³/mol. The largest absolute Gasteiger partial charge is 0.460 e. The molecule has 0 fully saturated rings. The molecule has 2 aromatic heterocycles. The van der Waals surface area contributed by atoms with Gasteiger partial charge in [0, 0.05) is 45.1 Å². The molecule has 52 heavy (non-hydrogen) atoms. The van der Waals surface area contributed by atoms with Gasteiger partial charge in [0.25, 0.3) is 0 Å². The van der Waals surface area contributed by atoms with Crippen LogP contribution >= 0.6 is 0 Å². The average molecular weight is 670 g/mol. The maximum Gasteiger partial charge on any atom is 0.144 e. The second kappa shape index (κ2) is 10.8. The van der Waals surface area contributed by atoms with Gasteiger partial charge in [-0.3, -0.25) is 0 Å². The number of furan rings is 2. The lowest BCUT2D eigenvalue weighted by molar-refractivity contribution is 0.546. The summed E-state index contributed by atoms with van der Waals surface area (Å²) in [5, 5.41) is 5.65. The molecule has 2 aliphatic rings. The van der Waals surface area contributed by atoms with Crippen molar-refractivity contribution in [2.45, 2.75) is 32.1 Å². The molecule has 0 unspecified atom stereocenters. The van der Waals surface area contributed by atoms with Gasteiger partial charge < -0.3 is 13.7 Å². The van der Waals surface area contributed by atoms with Crippen molar-refractivity contribution in [3.8, 4) is 22.3 Å². The van der Waals surface area contributed by atoms with E-state index < -0.39 is 0 Å². The van der Waals surface area contributed by atoms with Gasteiger partial charge in [-0.2, -0.15) is 0 Å². The molecule has 0 atom stereocenters. The van der Waals surface area contributed by atoms with Crippen LogP contribution in [0.2, 0.25) is 0 Å². The third kappa shape index (κ3) is 4.14. The van der Waals surface area contributed by atoms with Crippen LogP contribution in [0.5, 0.6) is 0 Å². The fourth-order valence-electron chi connectivity index (χ4n) is 9.01. The summed E-state index contributed by atoms with van der Waals surface area (Å²) in [7, 11) is 0. The van der Waals surface area contributed by atoms with Gasteiger partial charge in [-0.15, -0.1) is 0 Å². The number of aryl methyl sites for hydroxylation is 1. The SMILES string of the molecule is CC1(C)c2ccccc2-c2ccc(N(c3ccc4ccccc4c3)c3cccc4oc5c(-c6ccccc6)c6c7c(oc6cc5c34)CCC=C7)cc21. The Balaban J connectivity index is 1.22. The molecule has 11 rings (SSSR count). The smallest absolute Gasteiger partial charge is 0.144 e. The van der Waals surface area contributed by atoms with Gasteiger partial charge >= 0.3 is 0 Å². The summed E-state index contributed by atoms with van der Waals surface area (Å²) in [6.45, 7) is 4.70. The molecule has 0 spiro atoms. The highest BCUT2D eigenvalue weighted by Crippen LogP contribution is 2.53. The summed E-state index contributed by atoms with van der Waals surface area (Å²) >= 11 is 0. The molecule has 9 aromatic rings. The number of rotatable bonds is 4. The minimum absolute atomic E-state index is 0.131. The Bertz CT molecular complexity index is 2940. The van der Waals surface area contributed by atoms with Crippen LogP contribution in [-0.4, -0.2) is 0 Å². The first-order chi connectivity index (χ1) is 25.5. The molecule has 0 aliphatic heterocycles. The van der Waals surface area contributed by atoms with Gasteiger partial charge in [0.2, 0.25) is 0 Å². The Kier molecular flexibility index (Phi) is 6.13. The number of hydrogen-bond acceptors (Lipinski definition) is 3. The Morgan fingerprint density at radius 1 is 0.596 bits per heavy atom. The lowest BCUT2D eigenvalue weighted by atomic mass is 9.82. The molecule has 2 aliphatic carbocycles. The van der Waals surface area contributed by atoms with Crippen LogP contribution in [0, 0.1) is 0 Å². The lowest BCUT2D eigenvalue weighted by Crippen LogP contribution is -2.16. The minimum atomic E-state index is -0.131. The first-order valence-corrected chi connectivity index (χ1v) is 18.2. The molecule has 0 N–H and O–H groups in total. The Morgan fingerprint density at radius 3 is 2.27 bits per heavy atom. The van der Waals surface area contributed by atoms with Crippen molar-refractivity contribution in [2.24, 2.45) is 0 Å². The zero-order valence-corrected chi connectivity index (χ0v) is 29.1. The van der Waals surface area contributed by atoms with E-state index in [9.17, 15) is 0 Å². The highest BCUT2D eigenvalue weighted by Gasteiger charge is 2.36. The standard InChI is InChI=1S/C49H35NO2/c1-49(2)39-19-10-8-17-35(39)36-26-25-34(28-40(36)49)50(33-24-23-30-13-6-7-16-32(30)27-33)41-20-12-22-43-46(41)38-29-44-47(37-18-9-11-21-42(37)51-44)45(48(38)52-43)31-14-4-3-5-15-31/h3-10,12-20,22-29H,11,21H2,1-2H3. The molecule has 0 bridgehead atoms. The zero-order valence-electron chi connectivity index (χ0n) is 29.1. The van der Waals surface area contributed by atoms with Crippen molar-refractivity contribution in [2.75, 3.05) is 4.90 Å². The van der Waals surface area contributed by atoms with E-state index in [1.54, 1.807) is 0 Å². The number of nitrogens with zero attached hydrogens (tertiary/aromatic N) is 1. The van der Waals surface area contributed by atoms with Gasteiger partial charge in [0.1, 0.15) is 22.5 Å². The van der Waals surface area contributed by atoms with E-state index in [-0.39, 0.29) is 5.41 Å². The Morgan fingerprint density at radius 2 is 1.37 bits per heavy atom. The first-order valence-electron chi connectivity index (χ1n) is 18.2. The normalized spacial score (nSPS) is 14.3. The maximum atomic E-state index is 7.00. The monoisotopic (exact) mass is 669 g/mol. The molecule has 2 heterocycles. The molecular formula is C49H35NO2. The van der Waals surface area contributed by atoms with Crippen LogP contribution < -0.4 is 4.90 Å². The highest BCUT2D eigenvalue weighted by molar-refractivity contribution is 6.22. The second-order valence-corrected chi connectivity index (χ2v) is 14.8. The number of hydrogen-bond donors (Lipinski definition) is 0. The second-order valence-electron chi connectivity index (χ2n) is 14.8. The summed E-state index contributed by atoms with van der Waals surface area (Å²) in [5.74, 6) is 1.05. The molecular weight excluding hydrogens is 635 g/mol. The van der Waals surface area contributed by atoms with Crippen LogP contribution in [0.25, 0.3) is 72.0 Å². The van der Waals surface area contributed by atoms with Crippen LogP contribution in [-0.2, 0) is 11.8 Å². The van der Waals surface area contributed by atoms with Crippen molar-refractivity contribution in [1.82, 2.24) is 0 Å². The van der Waals surface area contributed by atoms with Gasteiger partial charge in [-0.25, -0.2) is 0 Å². The van der Waals surface area contributed by atoms with Crippen molar-refractivity contribution in [3.05, 3.63) is 168 Å². The summed E-state index contributed by atoms with van der Waals surface area (Å²) in [5.41, 5.74) is 14.5. The Labute approximate surface area is 302 Å². The van der Waals surface area contributed by atoms with Crippen LogP contribution in [0.4, 0.5) is 17.1 Å². The summed E-state index contributed by atoms with van der Waals surface area (Å²) < 4.78 is 13.7. The third-order valence-electron chi connectivity index (χ3n) is 11.5. The van der Waals surface area contributed by atoms with Crippen LogP contribution in [0.3, 0.4) is 0 Å². The fraction of sp³-hybridized carbons (Fsp3) is 0.102. The lowest BCUT2D eigenvalue weighted by Gasteiger charge is -2.29. The fourth-order valence-corrected chi connectivity index (χ4v) is 9.01. The van der Waals surface area contributed by atoms with E-state index >= 15 is 0 Å². The quantitative estimate of drug-likeness (QED) is 0.187. The molecule has 0 saturated heterocycles. The van der Waals surface area contributed by atoms with E-state index in [0.29, 0.717) is 0 Å². The molecule has 3 heteroatoms. The van der Waals surface area contributed by atoms with E-state index in [2.05, 4.69) is 170 Å². The Hall–Kier alpha value is -6.32. The number of fused-ring (bicyclic) bond motifs is 10. The van der Waals surface area contributed by atoms with Gasteiger partial charge in [-0.05, 0) is 87.5 Å². The molecule has 3 nitrogen and oxygen atoms in total. The molecule has 248 valence electrons. The summed E-state index contributed by atoms with van der Waals surface area (Å²) in [6, 6.07) is 50.6. The van der Waals surface area contributed by atoms with E-state index in [1.807, 2.05) is 0 Å². The number of benzene rings is 7. The minimum Gasteiger partial charge on any atom is -0.460 e. The first kappa shape index (κ1) is 29.4. The van der Waals surface area contributed by atoms with Crippen molar-refractivity contribution < 1.29 is 8.83 Å². The van der Waals surface area contributed by atoms with Gasteiger partial charge in [0.15, 0.2) is 0 Å². The van der Waals surface area contributed by atoms with E-state index in [4.69, 9.17) is 8.83 Å². The van der Waals surface area contributed by atoms with E-state index in [0.717, 1.165) is 79.7 Å². The van der Waals surface area contributed by atoms with Gasteiger partial charge in [0.05, 0.1) is 11.1 Å². The zero-order chi connectivity index (χ0) is 34.6. The average Bonchev–Trinajstić information content (AvgIpc) is 3.82. The van der Waals surface area contributed by atoms with E-state index in [1.165, 1.54) is 38.6 Å².